The van der Waals surface area contributed by atoms with Crippen molar-refractivity contribution < 1.29 is 22.6 Å². The highest BCUT2D eigenvalue weighted by Crippen LogP contribution is 2.13. The van der Waals surface area contributed by atoms with Crippen molar-refractivity contribution in [3.05, 3.63) is 0 Å². The molecule has 0 aliphatic carbocycles. The van der Waals surface area contributed by atoms with Crippen LogP contribution in [0.2, 0.25) is 0 Å². The molecule has 1 N–H and O–H groups in total. The summed E-state index contributed by atoms with van der Waals surface area (Å²) in [6.45, 7) is 5.44. The van der Waals surface area contributed by atoms with Crippen molar-refractivity contribution in [1.29, 1.82) is 0 Å². The third kappa shape index (κ3) is 6.10. The van der Waals surface area contributed by atoms with Crippen LogP contribution in [0.5, 0.6) is 0 Å². The SMILES string of the molecule is CCOC(CNS(=O)(=O)CC1CCCO1)OCC. The zero-order valence-electron chi connectivity index (χ0n) is 11.1. The van der Waals surface area contributed by atoms with Crippen molar-refractivity contribution in [2.45, 2.75) is 39.1 Å². The van der Waals surface area contributed by atoms with Crippen LogP contribution in [0.15, 0.2) is 0 Å². The second kappa shape index (κ2) is 8.06. The summed E-state index contributed by atoms with van der Waals surface area (Å²) in [6.07, 6.45) is 1.03. The molecule has 0 aromatic heterocycles. The van der Waals surface area contributed by atoms with Gasteiger partial charge in [0.15, 0.2) is 6.29 Å². The summed E-state index contributed by atoms with van der Waals surface area (Å²) >= 11 is 0. The molecule has 6 nitrogen and oxygen atoms in total. The van der Waals surface area contributed by atoms with Gasteiger partial charge in [-0.05, 0) is 26.7 Å². The average molecular weight is 281 g/mol. The number of hydrogen-bond donors (Lipinski definition) is 1. The largest absolute Gasteiger partial charge is 0.377 e. The Hall–Kier alpha value is -0.210. The van der Waals surface area contributed by atoms with Gasteiger partial charge in [0, 0.05) is 19.8 Å². The molecule has 0 aromatic rings. The molecule has 1 atom stereocenters. The van der Waals surface area contributed by atoms with Gasteiger partial charge in [0.1, 0.15) is 0 Å². The smallest absolute Gasteiger partial charge is 0.214 e. The topological polar surface area (TPSA) is 73.9 Å². The van der Waals surface area contributed by atoms with E-state index in [1.54, 1.807) is 0 Å². The molecule has 0 aromatic carbocycles. The van der Waals surface area contributed by atoms with E-state index < -0.39 is 16.3 Å². The molecular formula is C11H23NO5S. The lowest BCUT2D eigenvalue weighted by atomic mass is 10.3. The van der Waals surface area contributed by atoms with E-state index in [4.69, 9.17) is 14.2 Å². The summed E-state index contributed by atoms with van der Waals surface area (Å²) in [7, 11) is -3.33. The zero-order valence-corrected chi connectivity index (χ0v) is 11.9. The van der Waals surface area contributed by atoms with Crippen LogP contribution < -0.4 is 4.72 Å². The Morgan fingerprint density at radius 1 is 1.33 bits per heavy atom. The van der Waals surface area contributed by atoms with Gasteiger partial charge in [0.05, 0.1) is 18.4 Å². The molecule has 108 valence electrons. The van der Waals surface area contributed by atoms with Crippen LogP contribution in [0.4, 0.5) is 0 Å². The lowest BCUT2D eigenvalue weighted by Gasteiger charge is -2.18. The van der Waals surface area contributed by atoms with Crippen LogP contribution in [0.3, 0.4) is 0 Å². The van der Waals surface area contributed by atoms with Crippen molar-refractivity contribution in [2.24, 2.45) is 0 Å². The van der Waals surface area contributed by atoms with Gasteiger partial charge in [-0.2, -0.15) is 0 Å². The second-order valence-corrected chi connectivity index (χ2v) is 5.96. The molecular weight excluding hydrogens is 258 g/mol. The highest BCUT2D eigenvalue weighted by molar-refractivity contribution is 7.89. The molecule has 1 rings (SSSR count). The highest BCUT2D eigenvalue weighted by Gasteiger charge is 2.24. The molecule has 0 radical (unpaired) electrons. The van der Waals surface area contributed by atoms with E-state index in [0.29, 0.717) is 19.8 Å². The van der Waals surface area contributed by atoms with E-state index in [9.17, 15) is 8.42 Å². The van der Waals surface area contributed by atoms with Gasteiger partial charge < -0.3 is 14.2 Å². The van der Waals surface area contributed by atoms with E-state index in [1.165, 1.54) is 0 Å². The Kier molecular flexibility index (Phi) is 7.10. The number of sulfonamides is 1. The Bertz CT molecular complexity index is 307. The highest BCUT2D eigenvalue weighted by atomic mass is 32.2. The zero-order chi connectivity index (χ0) is 13.4. The Balaban J connectivity index is 2.34. The van der Waals surface area contributed by atoms with Gasteiger partial charge in [-0.3, -0.25) is 0 Å². The molecule has 1 aliphatic heterocycles. The maximum Gasteiger partial charge on any atom is 0.214 e. The minimum atomic E-state index is -3.33. The van der Waals surface area contributed by atoms with Crippen molar-refractivity contribution in [1.82, 2.24) is 4.72 Å². The second-order valence-electron chi connectivity index (χ2n) is 4.11. The number of hydrogen-bond acceptors (Lipinski definition) is 5. The van der Waals surface area contributed by atoms with E-state index in [2.05, 4.69) is 4.72 Å². The lowest BCUT2D eigenvalue weighted by Crippen LogP contribution is -2.38. The lowest BCUT2D eigenvalue weighted by molar-refractivity contribution is -0.130. The van der Waals surface area contributed by atoms with E-state index in [-0.39, 0.29) is 18.4 Å². The van der Waals surface area contributed by atoms with Crippen LogP contribution in [-0.2, 0) is 24.2 Å². The minimum Gasteiger partial charge on any atom is -0.377 e. The van der Waals surface area contributed by atoms with Crippen molar-refractivity contribution in [2.75, 3.05) is 32.1 Å². The standard InChI is InChI=1S/C11H23NO5S/c1-3-15-11(16-4-2)8-12-18(13,14)9-10-6-5-7-17-10/h10-12H,3-9H2,1-2H3. The minimum absolute atomic E-state index is 0.0119. The molecule has 0 amide bonds. The number of rotatable bonds is 9. The van der Waals surface area contributed by atoms with Crippen LogP contribution in [0.1, 0.15) is 26.7 Å². The van der Waals surface area contributed by atoms with Gasteiger partial charge in [-0.25, -0.2) is 13.1 Å². The first-order valence-electron chi connectivity index (χ1n) is 6.39. The Labute approximate surface area is 109 Å². The van der Waals surface area contributed by atoms with Crippen LogP contribution in [0, 0.1) is 0 Å². The van der Waals surface area contributed by atoms with Gasteiger partial charge in [0.2, 0.25) is 10.0 Å². The van der Waals surface area contributed by atoms with Crippen molar-refractivity contribution >= 4 is 10.0 Å². The van der Waals surface area contributed by atoms with Crippen LogP contribution in [-0.4, -0.2) is 52.9 Å². The molecule has 1 fully saturated rings. The first-order valence-corrected chi connectivity index (χ1v) is 8.04. The predicted molar refractivity (Wildman–Crippen MR) is 67.8 cm³/mol. The third-order valence-electron chi connectivity index (χ3n) is 2.60. The molecule has 0 saturated carbocycles. The van der Waals surface area contributed by atoms with Gasteiger partial charge in [0.25, 0.3) is 0 Å². The Morgan fingerprint density at radius 3 is 2.50 bits per heavy atom. The quantitative estimate of drug-likeness (QED) is 0.622. The predicted octanol–water partition coefficient (Wildman–Crippen LogP) is 0.484. The third-order valence-corrected chi connectivity index (χ3v) is 4.02. The van der Waals surface area contributed by atoms with E-state index in [1.807, 2.05) is 13.8 Å². The van der Waals surface area contributed by atoms with Gasteiger partial charge >= 0.3 is 0 Å². The maximum atomic E-state index is 11.8. The monoisotopic (exact) mass is 281 g/mol. The Morgan fingerprint density at radius 2 is 2.00 bits per heavy atom. The summed E-state index contributed by atoms with van der Waals surface area (Å²) in [4.78, 5) is 0. The summed E-state index contributed by atoms with van der Waals surface area (Å²) in [5.41, 5.74) is 0. The molecule has 18 heavy (non-hydrogen) atoms. The molecule has 1 heterocycles. The first kappa shape index (κ1) is 15.8. The van der Waals surface area contributed by atoms with Crippen LogP contribution in [0.25, 0.3) is 0 Å². The normalized spacial score (nSPS) is 20.7. The molecule has 1 unspecified atom stereocenters. The molecule has 1 aliphatic rings. The molecule has 0 bridgehead atoms. The van der Waals surface area contributed by atoms with Crippen molar-refractivity contribution in [3.8, 4) is 0 Å². The molecule has 0 spiro atoms. The molecule has 7 heteroatoms. The van der Waals surface area contributed by atoms with Crippen molar-refractivity contribution in [3.63, 3.8) is 0 Å². The summed E-state index contributed by atoms with van der Waals surface area (Å²) in [6, 6.07) is 0. The maximum absolute atomic E-state index is 11.8. The van der Waals surface area contributed by atoms with Gasteiger partial charge in [-0.15, -0.1) is 0 Å². The fraction of sp³-hybridized carbons (Fsp3) is 1.00. The fourth-order valence-electron chi connectivity index (χ4n) is 1.81. The van der Waals surface area contributed by atoms with Gasteiger partial charge in [-0.1, -0.05) is 0 Å². The average Bonchev–Trinajstić information content (AvgIpc) is 2.79. The molecule has 1 saturated heterocycles. The van der Waals surface area contributed by atoms with E-state index >= 15 is 0 Å². The number of nitrogens with one attached hydrogen (secondary N) is 1. The first-order chi connectivity index (χ1) is 8.57. The summed E-state index contributed by atoms with van der Waals surface area (Å²) < 4.78 is 41.9. The van der Waals surface area contributed by atoms with E-state index in [0.717, 1.165) is 12.8 Å². The fourth-order valence-corrected chi connectivity index (χ4v) is 3.07. The van der Waals surface area contributed by atoms with Crippen LogP contribution >= 0.6 is 0 Å². The summed E-state index contributed by atoms with van der Waals surface area (Å²) in [5.74, 6) is 0.0119. The summed E-state index contributed by atoms with van der Waals surface area (Å²) in [5, 5.41) is 0. The number of ether oxygens (including phenoxy) is 3.